The van der Waals surface area contributed by atoms with Crippen molar-refractivity contribution in [3.05, 3.63) is 24.2 Å². The van der Waals surface area contributed by atoms with E-state index in [9.17, 15) is 8.42 Å². The highest BCUT2D eigenvalue weighted by Crippen LogP contribution is 2.28. The molecule has 2 atom stereocenters. The molecule has 0 spiro atoms. The number of rotatable bonds is 5. The molecule has 0 aliphatic carbocycles. The third kappa shape index (κ3) is 3.79. The topological polar surface area (TPSA) is 88.6 Å². The SMILES string of the molecule is CS(=O)(=O)N1CCCC(CC(NN)c2ccoc2)C1. The van der Waals surface area contributed by atoms with E-state index >= 15 is 0 Å². The monoisotopic (exact) mass is 287 g/mol. The second-order valence-corrected chi connectivity index (χ2v) is 7.12. The number of nitrogens with two attached hydrogens (primary N) is 1. The minimum atomic E-state index is -3.09. The van der Waals surface area contributed by atoms with Crippen molar-refractivity contribution in [2.75, 3.05) is 19.3 Å². The fourth-order valence-corrected chi connectivity index (χ4v) is 3.57. The molecule has 6 nitrogen and oxygen atoms in total. The highest BCUT2D eigenvalue weighted by Gasteiger charge is 2.28. The fourth-order valence-electron chi connectivity index (χ4n) is 2.63. The summed E-state index contributed by atoms with van der Waals surface area (Å²) in [5.41, 5.74) is 3.78. The first-order chi connectivity index (χ1) is 9.00. The maximum Gasteiger partial charge on any atom is 0.211 e. The van der Waals surface area contributed by atoms with Crippen molar-refractivity contribution in [3.63, 3.8) is 0 Å². The summed E-state index contributed by atoms with van der Waals surface area (Å²) < 4.78 is 29.8. The smallest absolute Gasteiger partial charge is 0.211 e. The van der Waals surface area contributed by atoms with Crippen molar-refractivity contribution >= 4 is 10.0 Å². The van der Waals surface area contributed by atoms with Crippen LogP contribution < -0.4 is 11.3 Å². The molecule has 1 saturated heterocycles. The van der Waals surface area contributed by atoms with Crippen molar-refractivity contribution in [1.29, 1.82) is 0 Å². The largest absolute Gasteiger partial charge is 0.472 e. The number of furan rings is 1. The third-order valence-corrected chi connectivity index (χ3v) is 4.94. The van der Waals surface area contributed by atoms with Crippen LogP contribution in [0, 0.1) is 5.92 Å². The summed E-state index contributed by atoms with van der Waals surface area (Å²) in [4.78, 5) is 0. The van der Waals surface area contributed by atoms with Crippen molar-refractivity contribution in [1.82, 2.24) is 9.73 Å². The first kappa shape index (κ1) is 14.5. The predicted octanol–water partition coefficient (Wildman–Crippen LogP) is 0.846. The standard InChI is InChI=1S/C12H21N3O3S/c1-19(16,17)15-5-2-3-10(8-15)7-12(14-13)11-4-6-18-9-11/h4,6,9-10,12,14H,2-3,5,7-8,13H2,1H3. The van der Waals surface area contributed by atoms with E-state index < -0.39 is 10.0 Å². The van der Waals surface area contributed by atoms with Crippen LogP contribution in [0.1, 0.15) is 30.9 Å². The van der Waals surface area contributed by atoms with Crippen LogP contribution in [0.25, 0.3) is 0 Å². The molecule has 0 aromatic carbocycles. The van der Waals surface area contributed by atoms with Crippen LogP contribution in [0.3, 0.4) is 0 Å². The molecule has 1 aliphatic heterocycles. The molecule has 2 heterocycles. The van der Waals surface area contributed by atoms with E-state index in [0.29, 0.717) is 19.0 Å². The molecule has 2 rings (SSSR count). The first-order valence-corrected chi connectivity index (χ1v) is 8.29. The molecule has 1 fully saturated rings. The van der Waals surface area contributed by atoms with Gasteiger partial charge < -0.3 is 4.42 Å². The summed E-state index contributed by atoms with van der Waals surface area (Å²) in [6.45, 7) is 1.20. The van der Waals surface area contributed by atoms with E-state index in [-0.39, 0.29) is 6.04 Å². The number of hydrogen-bond acceptors (Lipinski definition) is 5. The first-order valence-electron chi connectivity index (χ1n) is 6.44. The molecule has 0 radical (unpaired) electrons. The van der Waals surface area contributed by atoms with Gasteiger partial charge in [0.05, 0.1) is 18.8 Å². The molecule has 19 heavy (non-hydrogen) atoms. The molecule has 108 valence electrons. The van der Waals surface area contributed by atoms with Crippen LogP contribution in [0.4, 0.5) is 0 Å². The molecule has 7 heteroatoms. The summed E-state index contributed by atoms with van der Waals surface area (Å²) in [6, 6.07) is 1.88. The molecule has 0 amide bonds. The van der Waals surface area contributed by atoms with Gasteiger partial charge in [0.15, 0.2) is 0 Å². The Morgan fingerprint density at radius 3 is 3.00 bits per heavy atom. The Morgan fingerprint density at radius 1 is 1.63 bits per heavy atom. The molecule has 0 bridgehead atoms. The highest BCUT2D eigenvalue weighted by atomic mass is 32.2. The normalized spacial score (nSPS) is 23.4. The van der Waals surface area contributed by atoms with Gasteiger partial charge in [0.2, 0.25) is 10.0 Å². The van der Waals surface area contributed by atoms with Gasteiger partial charge in [0, 0.05) is 24.7 Å². The average molecular weight is 287 g/mol. The number of nitrogens with one attached hydrogen (secondary N) is 1. The molecular formula is C12H21N3O3S. The van der Waals surface area contributed by atoms with Gasteiger partial charge in [-0.25, -0.2) is 12.7 Å². The summed E-state index contributed by atoms with van der Waals surface area (Å²) in [7, 11) is -3.09. The zero-order valence-corrected chi connectivity index (χ0v) is 11.9. The lowest BCUT2D eigenvalue weighted by Crippen LogP contribution is -2.41. The Morgan fingerprint density at radius 2 is 2.42 bits per heavy atom. The summed E-state index contributed by atoms with van der Waals surface area (Å²) in [5.74, 6) is 5.90. The Labute approximate surface area is 114 Å². The van der Waals surface area contributed by atoms with E-state index in [4.69, 9.17) is 10.3 Å². The van der Waals surface area contributed by atoms with Gasteiger partial charge in [-0.15, -0.1) is 0 Å². The quantitative estimate of drug-likeness (QED) is 0.619. The third-order valence-electron chi connectivity index (χ3n) is 3.67. The van der Waals surface area contributed by atoms with Gasteiger partial charge in [-0.05, 0) is 31.2 Å². The average Bonchev–Trinajstić information content (AvgIpc) is 2.89. The minimum Gasteiger partial charge on any atom is -0.472 e. The van der Waals surface area contributed by atoms with E-state index in [1.54, 1.807) is 16.8 Å². The van der Waals surface area contributed by atoms with Crippen LogP contribution >= 0.6 is 0 Å². The number of nitrogens with zero attached hydrogens (tertiary/aromatic N) is 1. The number of sulfonamides is 1. The number of hydrogen-bond donors (Lipinski definition) is 2. The Kier molecular flexibility index (Phi) is 4.62. The molecule has 1 aromatic heterocycles. The molecule has 0 saturated carbocycles. The van der Waals surface area contributed by atoms with Gasteiger partial charge in [0.25, 0.3) is 0 Å². The van der Waals surface area contributed by atoms with Gasteiger partial charge in [-0.1, -0.05) is 0 Å². The van der Waals surface area contributed by atoms with Crippen LogP contribution in [0.5, 0.6) is 0 Å². The van der Waals surface area contributed by atoms with Gasteiger partial charge in [0.1, 0.15) is 0 Å². The number of piperidine rings is 1. The van der Waals surface area contributed by atoms with Crippen molar-refractivity contribution in [2.24, 2.45) is 11.8 Å². The van der Waals surface area contributed by atoms with Crippen molar-refractivity contribution in [2.45, 2.75) is 25.3 Å². The molecule has 1 aliphatic rings. The minimum absolute atomic E-state index is 0.00302. The van der Waals surface area contributed by atoms with Crippen LogP contribution in [0.15, 0.2) is 23.0 Å². The van der Waals surface area contributed by atoms with Crippen LogP contribution in [-0.2, 0) is 10.0 Å². The van der Waals surface area contributed by atoms with E-state index in [1.165, 1.54) is 6.26 Å². The summed E-state index contributed by atoms with van der Waals surface area (Å²) in [5, 5.41) is 0. The molecule has 2 unspecified atom stereocenters. The molecular weight excluding hydrogens is 266 g/mol. The van der Waals surface area contributed by atoms with E-state index in [2.05, 4.69) is 5.43 Å². The zero-order chi connectivity index (χ0) is 13.9. The molecule has 1 aromatic rings. The maximum absolute atomic E-state index is 11.6. The van der Waals surface area contributed by atoms with Crippen LogP contribution in [0.2, 0.25) is 0 Å². The second kappa shape index (κ2) is 6.04. The summed E-state index contributed by atoms with van der Waals surface area (Å²) >= 11 is 0. The van der Waals surface area contributed by atoms with Gasteiger partial charge >= 0.3 is 0 Å². The Balaban J connectivity index is 1.98. The maximum atomic E-state index is 11.6. The van der Waals surface area contributed by atoms with Gasteiger partial charge in [-0.3, -0.25) is 11.3 Å². The van der Waals surface area contributed by atoms with Crippen LogP contribution in [-0.4, -0.2) is 32.1 Å². The Hall–Kier alpha value is -0.890. The van der Waals surface area contributed by atoms with Gasteiger partial charge in [-0.2, -0.15) is 0 Å². The lowest BCUT2D eigenvalue weighted by atomic mass is 9.90. The van der Waals surface area contributed by atoms with E-state index in [0.717, 1.165) is 24.8 Å². The van der Waals surface area contributed by atoms with Crippen molar-refractivity contribution < 1.29 is 12.8 Å². The summed E-state index contributed by atoms with van der Waals surface area (Å²) in [6.07, 6.45) is 7.29. The zero-order valence-electron chi connectivity index (χ0n) is 11.1. The number of hydrazine groups is 1. The van der Waals surface area contributed by atoms with Crippen molar-refractivity contribution in [3.8, 4) is 0 Å². The lowest BCUT2D eigenvalue weighted by Gasteiger charge is -2.32. The fraction of sp³-hybridized carbons (Fsp3) is 0.667. The second-order valence-electron chi connectivity index (χ2n) is 5.14. The molecule has 3 N–H and O–H groups in total. The highest BCUT2D eigenvalue weighted by molar-refractivity contribution is 7.88. The lowest BCUT2D eigenvalue weighted by molar-refractivity contribution is 0.238. The predicted molar refractivity (Wildman–Crippen MR) is 72.5 cm³/mol. The van der Waals surface area contributed by atoms with E-state index in [1.807, 2.05) is 6.07 Å². The Bertz CT molecular complexity index is 486.